The van der Waals surface area contributed by atoms with Crippen LogP contribution in [0.2, 0.25) is 0 Å². The number of anilines is 1. The summed E-state index contributed by atoms with van der Waals surface area (Å²) in [5.74, 6) is -0.633. The van der Waals surface area contributed by atoms with Gasteiger partial charge in [0.1, 0.15) is 4.70 Å². The number of thioether (sulfide) groups is 1. The Morgan fingerprint density at radius 3 is 2.45 bits per heavy atom. The number of carbonyl (C=O) groups is 2. The summed E-state index contributed by atoms with van der Waals surface area (Å²) in [7, 11) is 1.31. The van der Waals surface area contributed by atoms with E-state index in [4.69, 9.17) is 0 Å². The number of nitrogens with one attached hydrogen (secondary N) is 1. The standard InChI is InChI=1S/C24H21N3O4S2/c1-14-10-15(2)12-18(11-14)27-22(29)21-19(8-9-32-21)26-24(27)33-13-20(28)25-17-6-4-16(5-7-17)23(30)31-3/h4-12H,13H2,1-3H3,(H,25,28). The fourth-order valence-electron chi connectivity index (χ4n) is 3.43. The Hall–Kier alpha value is -3.43. The topological polar surface area (TPSA) is 90.3 Å². The number of methoxy groups -OCH3 is 1. The Labute approximate surface area is 198 Å². The molecule has 0 unspecified atom stereocenters. The Morgan fingerprint density at radius 1 is 1.09 bits per heavy atom. The van der Waals surface area contributed by atoms with Crippen molar-refractivity contribution in [3.63, 3.8) is 0 Å². The molecular formula is C24H21N3O4S2. The second kappa shape index (κ2) is 9.60. The van der Waals surface area contributed by atoms with E-state index in [1.165, 1.54) is 30.2 Å². The molecule has 0 aliphatic heterocycles. The molecule has 1 N–H and O–H groups in total. The van der Waals surface area contributed by atoms with Gasteiger partial charge in [0.05, 0.1) is 29.6 Å². The molecule has 2 aromatic heterocycles. The van der Waals surface area contributed by atoms with Crippen LogP contribution in [-0.4, -0.2) is 34.3 Å². The van der Waals surface area contributed by atoms with E-state index in [-0.39, 0.29) is 17.2 Å². The second-order valence-corrected chi connectivity index (χ2v) is 9.28. The summed E-state index contributed by atoms with van der Waals surface area (Å²) in [5, 5.41) is 5.08. The van der Waals surface area contributed by atoms with E-state index in [9.17, 15) is 14.4 Å². The van der Waals surface area contributed by atoms with Crippen molar-refractivity contribution in [1.82, 2.24) is 9.55 Å². The van der Waals surface area contributed by atoms with Crippen LogP contribution >= 0.6 is 23.1 Å². The van der Waals surface area contributed by atoms with Crippen molar-refractivity contribution in [3.05, 3.63) is 81.0 Å². The molecule has 0 radical (unpaired) electrons. The summed E-state index contributed by atoms with van der Waals surface area (Å²) in [4.78, 5) is 42.0. The zero-order valence-corrected chi connectivity index (χ0v) is 19.9. The molecule has 0 bridgehead atoms. The maximum Gasteiger partial charge on any atom is 0.337 e. The lowest BCUT2D eigenvalue weighted by Gasteiger charge is -2.13. The number of ether oxygens (including phenoxy) is 1. The van der Waals surface area contributed by atoms with E-state index in [1.807, 2.05) is 37.4 Å². The van der Waals surface area contributed by atoms with Gasteiger partial charge in [-0.3, -0.25) is 14.2 Å². The fourth-order valence-corrected chi connectivity index (χ4v) is 5.00. The SMILES string of the molecule is COC(=O)c1ccc(NC(=O)CSc2nc3ccsc3c(=O)n2-c2cc(C)cc(C)c2)cc1. The minimum absolute atomic E-state index is 0.0611. The van der Waals surface area contributed by atoms with Gasteiger partial charge in [0.2, 0.25) is 5.91 Å². The first-order chi connectivity index (χ1) is 15.9. The van der Waals surface area contributed by atoms with Crippen molar-refractivity contribution < 1.29 is 14.3 Å². The van der Waals surface area contributed by atoms with Gasteiger partial charge in [-0.25, -0.2) is 9.78 Å². The van der Waals surface area contributed by atoms with Crippen molar-refractivity contribution in [2.75, 3.05) is 18.2 Å². The molecule has 4 aromatic rings. The highest BCUT2D eigenvalue weighted by Gasteiger charge is 2.16. The lowest BCUT2D eigenvalue weighted by Crippen LogP contribution is -2.22. The number of benzene rings is 2. The van der Waals surface area contributed by atoms with E-state index >= 15 is 0 Å². The highest BCUT2D eigenvalue weighted by Crippen LogP contribution is 2.25. The Morgan fingerprint density at radius 2 is 1.79 bits per heavy atom. The van der Waals surface area contributed by atoms with Crippen molar-refractivity contribution in [2.24, 2.45) is 0 Å². The van der Waals surface area contributed by atoms with Crippen molar-refractivity contribution >= 4 is 50.9 Å². The molecule has 168 valence electrons. The van der Waals surface area contributed by atoms with Gasteiger partial charge < -0.3 is 10.1 Å². The molecule has 0 aliphatic rings. The minimum atomic E-state index is -0.442. The highest BCUT2D eigenvalue weighted by molar-refractivity contribution is 7.99. The molecular weight excluding hydrogens is 458 g/mol. The van der Waals surface area contributed by atoms with E-state index in [0.29, 0.717) is 26.6 Å². The van der Waals surface area contributed by atoms with Crippen LogP contribution < -0.4 is 10.9 Å². The quantitative estimate of drug-likeness (QED) is 0.247. The zero-order valence-electron chi connectivity index (χ0n) is 18.2. The van der Waals surface area contributed by atoms with Gasteiger partial charge in [0, 0.05) is 5.69 Å². The molecule has 0 fully saturated rings. The van der Waals surface area contributed by atoms with Gasteiger partial charge in [0.25, 0.3) is 5.56 Å². The Balaban J connectivity index is 1.59. The van der Waals surface area contributed by atoms with Gasteiger partial charge in [0.15, 0.2) is 5.16 Å². The second-order valence-electron chi connectivity index (χ2n) is 7.42. The van der Waals surface area contributed by atoms with Crippen LogP contribution in [0.5, 0.6) is 0 Å². The van der Waals surface area contributed by atoms with Gasteiger partial charge in [-0.1, -0.05) is 17.8 Å². The molecule has 4 rings (SSSR count). The largest absolute Gasteiger partial charge is 0.465 e. The number of aryl methyl sites for hydroxylation is 2. The predicted octanol–water partition coefficient (Wildman–Crippen LogP) is 4.58. The summed E-state index contributed by atoms with van der Waals surface area (Å²) >= 11 is 2.55. The molecule has 0 aliphatic carbocycles. The van der Waals surface area contributed by atoms with Crippen LogP contribution in [0.15, 0.2) is 63.9 Å². The Bertz CT molecular complexity index is 1390. The lowest BCUT2D eigenvalue weighted by atomic mass is 10.1. The van der Waals surface area contributed by atoms with Gasteiger partial charge in [-0.15, -0.1) is 11.3 Å². The van der Waals surface area contributed by atoms with Crippen LogP contribution in [0.4, 0.5) is 5.69 Å². The summed E-state index contributed by atoms with van der Waals surface area (Å²) in [5.41, 5.74) is 4.21. The number of hydrogen-bond acceptors (Lipinski definition) is 7. The average molecular weight is 480 g/mol. The molecule has 0 saturated carbocycles. The monoisotopic (exact) mass is 479 g/mol. The predicted molar refractivity (Wildman–Crippen MR) is 132 cm³/mol. The van der Waals surface area contributed by atoms with Gasteiger partial charge in [-0.2, -0.15) is 0 Å². The maximum absolute atomic E-state index is 13.3. The van der Waals surface area contributed by atoms with Gasteiger partial charge >= 0.3 is 5.97 Å². The molecule has 2 heterocycles. The molecule has 9 heteroatoms. The Kier molecular flexibility index (Phi) is 6.62. The van der Waals surface area contributed by atoms with E-state index in [1.54, 1.807) is 34.9 Å². The minimum Gasteiger partial charge on any atom is -0.465 e. The number of rotatable bonds is 6. The molecule has 0 atom stereocenters. The van der Waals surface area contributed by atoms with Crippen molar-refractivity contribution in [3.8, 4) is 5.69 Å². The van der Waals surface area contributed by atoms with Crippen LogP contribution in [-0.2, 0) is 9.53 Å². The first-order valence-corrected chi connectivity index (χ1v) is 11.9. The normalized spacial score (nSPS) is 10.9. The highest BCUT2D eigenvalue weighted by atomic mass is 32.2. The molecule has 0 spiro atoms. The molecule has 2 aromatic carbocycles. The van der Waals surface area contributed by atoms with Crippen LogP contribution in [0.3, 0.4) is 0 Å². The maximum atomic E-state index is 13.3. The first-order valence-electron chi connectivity index (χ1n) is 10.1. The molecule has 0 saturated heterocycles. The number of nitrogens with zero attached hydrogens (tertiary/aromatic N) is 2. The number of carbonyl (C=O) groups excluding carboxylic acids is 2. The molecule has 7 nitrogen and oxygen atoms in total. The molecule has 1 amide bonds. The summed E-state index contributed by atoms with van der Waals surface area (Å²) in [6.07, 6.45) is 0. The van der Waals surface area contributed by atoms with Crippen molar-refractivity contribution in [1.29, 1.82) is 0 Å². The number of hydrogen-bond donors (Lipinski definition) is 1. The third-order valence-corrected chi connectivity index (χ3v) is 6.67. The number of amides is 1. The number of fused-ring (bicyclic) bond motifs is 1. The van der Waals surface area contributed by atoms with Crippen LogP contribution in [0, 0.1) is 13.8 Å². The fraction of sp³-hybridized carbons (Fsp3) is 0.167. The third kappa shape index (κ3) is 4.99. The summed E-state index contributed by atoms with van der Waals surface area (Å²) < 4.78 is 6.83. The number of esters is 1. The number of aromatic nitrogens is 2. The number of thiophene rings is 1. The van der Waals surface area contributed by atoms with Gasteiger partial charge in [-0.05, 0) is 72.8 Å². The molecule has 33 heavy (non-hydrogen) atoms. The van der Waals surface area contributed by atoms with E-state index in [2.05, 4.69) is 15.0 Å². The smallest absolute Gasteiger partial charge is 0.337 e. The summed E-state index contributed by atoms with van der Waals surface area (Å²) in [6.45, 7) is 3.95. The third-order valence-electron chi connectivity index (χ3n) is 4.84. The first kappa shape index (κ1) is 22.8. The zero-order chi connectivity index (χ0) is 23.5. The van der Waals surface area contributed by atoms with Crippen LogP contribution in [0.25, 0.3) is 15.9 Å². The van der Waals surface area contributed by atoms with E-state index < -0.39 is 5.97 Å². The van der Waals surface area contributed by atoms with E-state index in [0.717, 1.165) is 16.8 Å². The average Bonchev–Trinajstić information content (AvgIpc) is 3.26. The lowest BCUT2D eigenvalue weighted by molar-refractivity contribution is -0.113. The summed E-state index contributed by atoms with van der Waals surface area (Å²) in [6, 6.07) is 14.1. The van der Waals surface area contributed by atoms with Crippen LogP contribution in [0.1, 0.15) is 21.5 Å². The van der Waals surface area contributed by atoms with Crippen molar-refractivity contribution in [2.45, 2.75) is 19.0 Å².